The maximum atomic E-state index is 12.5. The standard InChI is InChI=1S/C36H27Cl2N3O3/c1-23(42)39-34-30-20-24(28-21-29(35(43)44-2)32(38)22-31(28)37)18-19-33(30)41(40-34)36(25-12-6-3-7-13-25,26-14-8-4-9-15-26)27-16-10-5-11-17-27/h3-22H,1-2H3,(H,39,40,42). The first-order chi connectivity index (χ1) is 21.3. The lowest BCUT2D eigenvalue weighted by Crippen LogP contribution is -2.38. The van der Waals surface area contributed by atoms with Crippen LogP contribution in [0.1, 0.15) is 34.0 Å². The molecule has 1 heterocycles. The predicted molar refractivity (Wildman–Crippen MR) is 175 cm³/mol. The summed E-state index contributed by atoms with van der Waals surface area (Å²) in [6.45, 7) is 1.45. The number of esters is 1. The Balaban J connectivity index is 1.69. The molecule has 5 aromatic carbocycles. The molecule has 6 rings (SSSR count). The van der Waals surface area contributed by atoms with Gasteiger partial charge in [-0.1, -0.05) is 120 Å². The number of nitrogens with one attached hydrogen (secondary N) is 1. The number of hydrogen-bond acceptors (Lipinski definition) is 4. The molecular weight excluding hydrogens is 593 g/mol. The van der Waals surface area contributed by atoms with Gasteiger partial charge < -0.3 is 10.1 Å². The SMILES string of the molecule is COC(=O)c1cc(-c2ccc3c(c2)c(NC(C)=O)nn3C(c2ccccc2)(c2ccccc2)c2ccccc2)c(Cl)cc1Cl. The summed E-state index contributed by atoms with van der Waals surface area (Å²) in [6, 6.07) is 39.4. The number of aromatic nitrogens is 2. The molecule has 0 unspecified atom stereocenters. The summed E-state index contributed by atoms with van der Waals surface area (Å²) >= 11 is 13.0. The molecule has 1 amide bonds. The predicted octanol–water partition coefficient (Wildman–Crippen LogP) is 8.60. The number of rotatable bonds is 7. The van der Waals surface area contributed by atoms with Gasteiger partial charge in [0.2, 0.25) is 5.91 Å². The number of ether oxygens (including phenoxy) is 1. The monoisotopic (exact) mass is 619 g/mol. The third kappa shape index (κ3) is 5.02. The van der Waals surface area contributed by atoms with Gasteiger partial charge in [-0.05, 0) is 46.5 Å². The second kappa shape index (κ2) is 12.0. The molecule has 6 nitrogen and oxygen atoms in total. The molecule has 0 radical (unpaired) electrons. The van der Waals surface area contributed by atoms with Crippen LogP contribution in [-0.2, 0) is 15.1 Å². The van der Waals surface area contributed by atoms with Gasteiger partial charge in [-0.25, -0.2) is 9.48 Å². The first-order valence-electron chi connectivity index (χ1n) is 13.9. The van der Waals surface area contributed by atoms with Crippen LogP contribution in [0.15, 0.2) is 121 Å². The van der Waals surface area contributed by atoms with Gasteiger partial charge in [0.15, 0.2) is 5.82 Å². The number of halogens is 2. The average molecular weight is 621 g/mol. The van der Waals surface area contributed by atoms with Gasteiger partial charge >= 0.3 is 5.97 Å². The maximum Gasteiger partial charge on any atom is 0.339 e. The van der Waals surface area contributed by atoms with Crippen molar-refractivity contribution in [3.8, 4) is 11.1 Å². The van der Waals surface area contributed by atoms with Crippen LogP contribution in [0.4, 0.5) is 5.82 Å². The van der Waals surface area contributed by atoms with E-state index in [0.717, 1.165) is 22.2 Å². The van der Waals surface area contributed by atoms with E-state index in [1.165, 1.54) is 20.1 Å². The van der Waals surface area contributed by atoms with Crippen LogP contribution in [0, 0.1) is 0 Å². The Morgan fingerprint density at radius 3 is 1.80 bits per heavy atom. The van der Waals surface area contributed by atoms with Crippen molar-refractivity contribution in [2.75, 3.05) is 12.4 Å². The molecule has 1 N–H and O–H groups in total. The molecule has 6 aromatic rings. The first kappa shape index (κ1) is 29.2. The zero-order chi connectivity index (χ0) is 30.8. The third-order valence-corrected chi connectivity index (χ3v) is 8.27. The van der Waals surface area contributed by atoms with Crippen LogP contribution in [-0.4, -0.2) is 28.8 Å². The van der Waals surface area contributed by atoms with E-state index in [0.29, 0.717) is 27.4 Å². The highest BCUT2D eigenvalue weighted by atomic mass is 35.5. The number of amides is 1. The Bertz CT molecular complexity index is 1900. The zero-order valence-corrected chi connectivity index (χ0v) is 25.4. The lowest BCUT2D eigenvalue weighted by atomic mass is 9.77. The van der Waals surface area contributed by atoms with Crippen LogP contribution in [0.25, 0.3) is 22.0 Å². The fraction of sp³-hybridized carbons (Fsp3) is 0.0833. The maximum absolute atomic E-state index is 12.5. The van der Waals surface area contributed by atoms with E-state index in [4.69, 9.17) is 33.0 Å². The molecule has 0 aliphatic heterocycles. The fourth-order valence-electron chi connectivity index (χ4n) is 5.74. The minimum atomic E-state index is -0.907. The van der Waals surface area contributed by atoms with Crippen molar-refractivity contribution < 1.29 is 14.3 Å². The second-order valence-corrected chi connectivity index (χ2v) is 11.1. The summed E-state index contributed by atoms with van der Waals surface area (Å²) in [5.74, 6) is -0.442. The number of benzene rings is 5. The molecule has 44 heavy (non-hydrogen) atoms. The van der Waals surface area contributed by atoms with Crippen molar-refractivity contribution in [2.45, 2.75) is 12.5 Å². The van der Waals surface area contributed by atoms with Crippen LogP contribution in [0.3, 0.4) is 0 Å². The van der Waals surface area contributed by atoms with Crippen LogP contribution >= 0.6 is 23.2 Å². The molecule has 218 valence electrons. The number of fused-ring (bicyclic) bond motifs is 1. The molecule has 0 aliphatic carbocycles. The number of nitrogens with zero attached hydrogens (tertiary/aromatic N) is 2. The van der Waals surface area contributed by atoms with Gasteiger partial charge in [-0.15, -0.1) is 0 Å². The van der Waals surface area contributed by atoms with E-state index in [2.05, 4.69) is 41.7 Å². The van der Waals surface area contributed by atoms with Gasteiger partial charge in [0.05, 0.1) is 23.2 Å². The van der Waals surface area contributed by atoms with E-state index in [-0.39, 0.29) is 16.5 Å². The quantitative estimate of drug-likeness (QED) is 0.143. The Kier molecular flexibility index (Phi) is 7.95. The Hall–Kier alpha value is -4.91. The Labute approximate surface area is 264 Å². The molecule has 0 saturated carbocycles. The highest BCUT2D eigenvalue weighted by Gasteiger charge is 2.41. The summed E-state index contributed by atoms with van der Waals surface area (Å²) in [6.07, 6.45) is 0. The first-order valence-corrected chi connectivity index (χ1v) is 14.7. The molecule has 0 bridgehead atoms. The van der Waals surface area contributed by atoms with Crippen molar-refractivity contribution in [1.82, 2.24) is 9.78 Å². The molecule has 0 atom stereocenters. The van der Waals surface area contributed by atoms with E-state index >= 15 is 0 Å². The molecule has 0 spiro atoms. The van der Waals surface area contributed by atoms with Gasteiger partial charge in [0, 0.05) is 22.9 Å². The number of anilines is 1. The van der Waals surface area contributed by atoms with Crippen molar-refractivity contribution in [2.24, 2.45) is 0 Å². The molecule has 0 aliphatic rings. The normalized spacial score (nSPS) is 11.4. The van der Waals surface area contributed by atoms with Crippen molar-refractivity contribution in [3.63, 3.8) is 0 Å². The molecule has 0 fully saturated rings. The van der Waals surface area contributed by atoms with Gasteiger partial charge in [0.25, 0.3) is 0 Å². The highest BCUT2D eigenvalue weighted by Crippen LogP contribution is 2.44. The summed E-state index contributed by atoms with van der Waals surface area (Å²) in [4.78, 5) is 24.9. The summed E-state index contributed by atoms with van der Waals surface area (Å²) in [5, 5.41) is 9.30. The molecular formula is C36H27Cl2N3O3. The summed E-state index contributed by atoms with van der Waals surface area (Å²) < 4.78 is 6.89. The van der Waals surface area contributed by atoms with Gasteiger partial charge in [-0.2, -0.15) is 5.10 Å². The van der Waals surface area contributed by atoms with E-state index in [1.54, 1.807) is 6.07 Å². The minimum Gasteiger partial charge on any atom is -0.465 e. The van der Waals surface area contributed by atoms with E-state index in [1.807, 2.05) is 77.5 Å². The smallest absolute Gasteiger partial charge is 0.339 e. The summed E-state index contributed by atoms with van der Waals surface area (Å²) in [7, 11) is 1.30. The molecule has 1 aromatic heterocycles. The molecule has 8 heteroatoms. The van der Waals surface area contributed by atoms with E-state index in [9.17, 15) is 9.59 Å². The topological polar surface area (TPSA) is 73.2 Å². The van der Waals surface area contributed by atoms with Crippen molar-refractivity contribution in [3.05, 3.63) is 154 Å². The number of carbonyl (C=O) groups is 2. The van der Waals surface area contributed by atoms with E-state index < -0.39 is 11.5 Å². The number of methoxy groups -OCH3 is 1. The van der Waals surface area contributed by atoms with Gasteiger partial charge in [-0.3, -0.25) is 4.79 Å². The largest absolute Gasteiger partial charge is 0.465 e. The number of hydrogen-bond donors (Lipinski definition) is 1. The summed E-state index contributed by atoms with van der Waals surface area (Å²) in [5.41, 5.74) is 4.32. The molecule has 0 saturated heterocycles. The van der Waals surface area contributed by atoms with Crippen LogP contribution < -0.4 is 5.32 Å². The van der Waals surface area contributed by atoms with Crippen molar-refractivity contribution in [1.29, 1.82) is 0 Å². The minimum absolute atomic E-state index is 0.191. The lowest BCUT2D eigenvalue weighted by Gasteiger charge is -2.37. The fourth-order valence-corrected chi connectivity index (χ4v) is 6.31. The second-order valence-electron chi connectivity index (χ2n) is 10.3. The zero-order valence-electron chi connectivity index (χ0n) is 23.9. The van der Waals surface area contributed by atoms with Crippen LogP contribution in [0.5, 0.6) is 0 Å². The third-order valence-electron chi connectivity index (χ3n) is 7.64. The average Bonchev–Trinajstić information content (AvgIpc) is 3.39. The lowest BCUT2D eigenvalue weighted by molar-refractivity contribution is -0.114. The van der Waals surface area contributed by atoms with Crippen molar-refractivity contribution >= 4 is 51.8 Å². The highest BCUT2D eigenvalue weighted by molar-refractivity contribution is 6.38. The Morgan fingerprint density at radius 1 is 0.750 bits per heavy atom. The number of carbonyl (C=O) groups excluding carboxylic acids is 2. The Morgan fingerprint density at radius 2 is 1.30 bits per heavy atom. The van der Waals surface area contributed by atoms with Crippen LogP contribution in [0.2, 0.25) is 10.0 Å². The van der Waals surface area contributed by atoms with Gasteiger partial charge in [0.1, 0.15) is 5.54 Å².